The highest BCUT2D eigenvalue weighted by molar-refractivity contribution is 5.30. The second-order valence-corrected chi connectivity index (χ2v) is 5.37. The Labute approximate surface area is 115 Å². The van der Waals surface area contributed by atoms with Gasteiger partial charge in [0.15, 0.2) is 11.6 Å². The minimum absolute atomic E-state index is 0.235. The smallest absolute Gasteiger partial charge is 0.169 e. The van der Waals surface area contributed by atoms with E-state index in [1.165, 1.54) is 39.2 Å². The first-order valence-corrected chi connectivity index (χ1v) is 7.31. The summed E-state index contributed by atoms with van der Waals surface area (Å²) < 4.78 is 19.1. The number of halogens is 1. The Morgan fingerprint density at radius 2 is 2.11 bits per heavy atom. The monoisotopic (exact) mass is 265 g/mol. The molecule has 2 unspecified atom stereocenters. The molecule has 3 heteroatoms. The molecule has 1 N–H and O–H groups in total. The van der Waals surface area contributed by atoms with Gasteiger partial charge < -0.3 is 10.1 Å². The van der Waals surface area contributed by atoms with E-state index >= 15 is 0 Å². The van der Waals surface area contributed by atoms with E-state index in [-0.39, 0.29) is 5.82 Å². The van der Waals surface area contributed by atoms with Gasteiger partial charge in [-0.25, -0.2) is 4.39 Å². The minimum atomic E-state index is -0.235. The molecule has 1 aliphatic rings. The number of ether oxygens (including phenoxy) is 1. The van der Waals surface area contributed by atoms with Crippen molar-refractivity contribution in [2.45, 2.75) is 51.6 Å². The zero-order chi connectivity index (χ0) is 13.7. The highest BCUT2D eigenvalue weighted by Gasteiger charge is 2.23. The fraction of sp³-hybridized carbons (Fsp3) is 0.625. The number of methoxy groups -OCH3 is 1. The lowest BCUT2D eigenvalue weighted by atomic mass is 9.83. The number of hydrogen-bond donors (Lipinski definition) is 1. The fourth-order valence-corrected chi connectivity index (χ4v) is 3.06. The van der Waals surface area contributed by atoms with Crippen LogP contribution in [0.25, 0.3) is 0 Å². The normalized spacial score (nSPS) is 23.3. The molecule has 0 bridgehead atoms. The van der Waals surface area contributed by atoms with Crippen LogP contribution in [0.3, 0.4) is 0 Å². The van der Waals surface area contributed by atoms with Crippen molar-refractivity contribution in [1.82, 2.24) is 5.32 Å². The lowest BCUT2D eigenvalue weighted by Crippen LogP contribution is -2.38. The van der Waals surface area contributed by atoms with Gasteiger partial charge in [-0.1, -0.05) is 38.3 Å². The molecule has 0 radical (unpaired) electrons. The fourth-order valence-electron chi connectivity index (χ4n) is 3.06. The molecule has 106 valence electrons. The molecule has 2 atom stereocenters. The lowest BCUT2D eigenvalue weighted by Gasteiger charge is -2.31. The van der Waals surface area contributed by atoms with E-state index in [9.17, 15) is 4.39 Å². The molecule has 0 heterocycles. The van der Waals surface area contributed by atoms with Gasteiger partial charge in [-0.2, -0.15) is 0 Å². The molecule has 2 nitrogen and oxygen atoms in total. The summed E-state index contributed by atoms with van der Waals surface area (Å²) in [5, 5.41) is 3.54. The van der Waals surface area contributed by atoms with Crippen molar-refractivity contribution in [3.8, 4) is 5.75 Å². The van der Waals surface area contributed by atoms with E-state index in [0.717, 1.165) is 5.92 Å². The first-order chi connectivity index (χ1) is 9.26. The SMILES string of the molecule is CCC1CCCCC1NCc1cccc(OC)c1F. The maximum atomic E-state index is 14.0. The average molecular weight is 265 g/mol. The molecule has 1 fully saturated rings. The number of hydrogen-bond acceptors (Lipinski definition) is 2. The summed E-state index contributed by atoms with van der Waals surface area (Å²) >= 11 is 0. The molecule has 1 saturated carbocycles. The second kappa shape index (κ2) is 6.90. The lowest BCUT2D eigenvalue weighted by molar-refractivity contribution is 0.253. The summed E-state index contributed by atoms with van der Waals surface area (Å²) in [6.45, 7) is 2.83. The Bertz CT molecular complexity index is 408. The third-order valence-electron chi connectivity index (χ3n) is 4.25. The predicted molar refractivity (Wildman–Crippen MR) is 75.8 cm³/mol. The third kappa shape index (κ3) is 3.47. The van der Waals surface area contributed by atoms with Crippen molar-refractivity contribution in [3.05, 3.63) is 29.6 Å². The van der Waals surface area contributed by atoms with E-state index in [0.29, 0.717) is 23.9 Å². The van der Waals surface area contributed by atoms with E-state index in [4.69, 9.17) is 4.74 Å². The summed E-state index contributed by atoms with van der Waals surface area (Å²) in [5.74, 6) is 0.832. The predicted octanol–water partition coefficient (Wildman–Crippen LogP) is 3.89. The van der Waals surface area contributed by atoms with Gasteiger partial charge in [-0.3, -0.25) is 0 Å². The molecule has 0 aromatic heterocycles. The van der Waals surface area contributed by atoms with Gasteiger partial charge in [-0.15, -0.1) is 0 Å². The molecule has 1 aromatic rings. The molecule has 0 saturated heterocycles. The van der Waals surface area contributed by atoms with Gasteiger partial charge in [0.25, 0.3) is 0 Å². The summed E-state index contributed by atoms with van der Waals surface area (Å²) in [4.78, 5) is 0. The molecule has 1 aromatic carbocycles. The first kappa shape index (κ1) is 14.3. The second-order valence-electron chi connectivity index (χ2n) is 5.37. The molecular formula is C16H24FNO. The molecule has 0 spiro atoms. The third-order valence-corrected chi connectivity index (χ3v) is 4.25. The van der Waals surface area contributed by atoms with Crippen LogP contribution in [0.1, 0.15) is 44.6 Å². The first-order valence-electron chi connectivity index (χ1n) is 7.31. The van der Waals surface area contributed by atoms with E-state index in [1.54, 1.807) is 6.07 Å². The molecular weight excluding hydrogens is 241 g/mol. The van der Waals surface area contributed by atoms with E-state index < -0.39 is 0 Å². The number of benzene rings is 1. The largest absolute Gasteiger partial charge is 0.494 e. The Hall–Kier alpha value is -1.09. The van der Waals surface area contributed by atoms with Gasteiger partial charge in [-0.05, 0) is 24.8 Å². The van der Waals surface area contributed by atoms with Crippen LogP contribution in [0.5, 0.6) is 5.75 Å². The van der Waals surface area contributed by atoms with Crippen LogP contribution in [0.2, 0.25) is 0 Å². The zero-order valence-corrected chi connectivity index (χ0v) is 11.9. The Kier molecular flexibility index (Phi) is 5.20. The summed E-state index contributed by atoms with van der Waals surface area (Å²) in [5.41, 5.74) is 0.694. The van der Waals surface area contributed by atoms with Gasteiger partial charge in [0.05, 0.1) is 7.11 Å². The van der Waals surface area contributed by atoms with Crippen molar-refractivity contribution >= 4 is 0 Å². The molecule has 1 aliphatic carbocycles. The van der Waals surface area contributed by atoms with Crippen LogP contribution < -0.4 is 10.1 Å². The van der Waals surface area contributed by atoms with E-state index in [2.05, 4.69) is 12.2 Å². The summed E-state index contributed by atoms with van der Waals surface area (Å²) in [7, 11) is 1.50. The maximum Gasteiger partial charge on any atom is 0.169 e. The topological polar surface area (TPSA) is 21.3 Å². The Balaban J connectivity index is 1.98. The van der Waals surface area contributed by atoms with Crippen LogP contribution >= 0.6 is 0 Å². The van der Waals surface area contributed by atoms with Crippen molar-refractivity contribution < 1.29 is 9.13 Å². The standard InChI is InChI=1S/C16H24FNO/c1-3-12-7-4-5-9-14(12)18-11-13-8-6-10-15(19-2)16(13)17/h6,8,10,12,14,18H,3-5,7,9,11H2,1-2H3. The van der Waals surface area contributed by atoms with Crippen molar-refractivity contribution in [2.75, 3.05) is 7.11 Å². The highest BCUT2D eigenvalue weighted by Crippen LogP contribution is 2.27. The Morgan fingerprint density at radius 1 is 1.32 bits per heavy atom. The van der Waals surface area contributed by atoms with Crippen LogP contribution in [0.15, 0.2) is 18.2 Å². The van der Waals surface area contributed by atoms with Crippen LogP contribution in [0.4, 0.5) is 4.39 Å². The Morgan fingerprint density at radius 3 is 2.84 bits per heavy atom. The summed E-state index contributed by atoms with van der Waals surface area (Å²) in [6.07, 6.45) is 6.34. The number of rotatable bonds is 5. The van der Waals surface area contributed by atoms with Gasteiger partial charge in [0, 0.05) is 18.2 Å². The molecule has 0 amide bonds. The van der Waals surface area contributed by atoms with Crippen molar-refractivity contribution in [3.63, 3.8) is 0 Å². The number of nitrogens with one attached hydrogen (secondary N) is 1. The van der Waals surface area contributed by atoms with Gasteiger partial charge in [0.1, 0.15) is 0 Å². The quantitative estimate of drug-likeness (QED) is 0.872. The zero-order valence-electron chi connectivity index (χ0n) is 11.9. The highest BCUT2D eigenvalue weighted by atomic mass is 19.1. The maximum absolute atomic E-state index is 14.0. The summed E-state index contributed by atoms with van der Waals surface area (Å²) in [6, 6.07) is 5.87. The molecule has 19 heavy (non-hydrogen) atoms. The van der Waals surface area contributed by atoms with Crippen molar-refractivity contribution in [2.24, 2.45) is 5.92 Å². The minimum Gasteiger partial charge on any atom is -0.494 e. The van der Waals surface area contributed by atoms with Gasteiger partial charge >= 0.3 is 0 Å². The van der Waals surface area contributed by atoms with Crippen LogP contribution in [0, 0.1) is 11.7 Å². The van der Waals surface area contributed by atoms with E-state index in [1.807, 2.05) is 12.1 Å². The van der Waals surface area contributed by atoms with Gasteiger partial charge in [0.2, 0.25) is 0 Å². The van der Waals surface area contributed by atoms with Crippen molar-refractivity contribution in [1.29, 1.82) is 0 Å². The van der Waals surface area contributed by atoms with Crippen LogP contribution in [-0.2, 0) is 6.54 Å². The van der Waals surface area contributed by atoms with Crippen LogP contribution in [-0.4, -0.2) is 13.2 Å². The molecule has 2 rings (SSSR count). The average Bonchev–Trinajstić information content (AvgIpc) is 2.46. The molecule has 0 aliphatic heterocycles.